The maximum atomic E-state index is 11.6. The molecule has 0 aromatic carbocycles. The lowest BCUT2D eigenvalue weighted by Crippen LogP contribution is -2.69. The van der Waals surface area contributed by atoms with Crippen molar-refractivity contribution in [3.63, 3.8) is 0 Å². The Morgan fingerprint density at radius 3 is 2.28 bits per heavy atom. The Morgan fingerprint density at radius 1 is 0.906 bits per heavy atom. The molecular weight excluding hydrogens is 400 g/mol. The van der Waals surface area contributed by atoms with Gasteiger partial charge in [0.25, 0.3) is 0 Å². The third-order valence-electron chi connectivity index (χ3n) is 11.8. The van der Waals surface area contributed by atoms with Crippen molar-refractivity contribution in [1.29, 1.82) is 0 Å². The van der Waals surface area contributed by atoms with Crippen LogP contribution in [0, 0.1) is 52.3 Å². The molecule has 4 heteroatoms. The Bertz CT molecular complexity index is 666. The van der Waals surface area contributed by atoms with Gasteiger partial charge in [0.1, 0.15) is 0 Å². The summed E-state index contributed by atoms with van der Waals surface area (Å²) < 4.78 is 0. The SMILES string of the molecule is CC(C)[C@@H](C)CC[C@@H](C)[C@H]1CCC2C3C[C@@H](O)[C@@]4(O)C[C@@H](O)CC[C@]4(C)C3CC[C@@]21CO. The highest BCUT2D eigenvalue weighted by molar-refractivity contribution is 5.17. The van der Waals surface area contributed by atoms with Crippen LogP contribution < -0.4 is 0 Å². The summed E-state index contributed by atoms with van der Waals surface area (Å²) in [5.41, 5.74) is -1.53. The van der Waals surface area contributed by atoms with E-state index < -0.39 is 17.8 Å². The van der Waals surface area contributed by atoms with E-state index in [2.05, 4.69) is 34.6 Å². The van der Waals surface area contributed by atoms with Crippen LogP contribution in [0.3, 0.4) is 0 Å². The first-order valence-electron chi connectivity index (χ1n) is 13.7. The molecule has 4 rings (SSSR count). The van der Waals surface area contributed by atoms with E-state index in [1.54, 1.807) is 0 Å². The van der Waals surface area contributed by atoms with E-state index >= 15 is 0 Å². The van der Waals surface area contributed by atoms with Gasteiger partial charge in [0, 0.05) is 18.4 Å². The summed E-state index contributed by atoms with van der Waals surface area (Å²) in [7, 11) is 0. The van der Waals surface area contributed by atoms with Gasteiger partial charge in [-0.25, -0.2) is 0 Å². The molecule has 11 atom stereocenters. The van der Waals surface area contributed by atoms with Crippen LogP contribution in [0.5, 0.6) is 0 Å². The van der Waals surface area contributed by atoms with E-state index in [0.717, 1.165) is 43.9 Å². The van der Waals surface area contributed by atoms with Crippen LogP contribution in [0.25, 0.3) is 0 Å². The van der Waals surface area contributed by atoms with Crippen LogP contribution in [-0.4, -0.2) is 44.8 Å². The maximum Gasteiger partial charge on any atom is 0.0985 e. The van der Waals surface area contributed by atoms with Gasteiger partial charge in [-0.3, -0.25) is 0 Å². The van der Waals surface area contributed by atoms with Gasteiger partial charge >= 0.3 is 0 Å². The van der Waals surface area contributed by atoms with Crippen LogP contribution in [-0.2, 0) is 0 Å². The van der Waals surface area contributed by atoms with Crippen molar-refractivity contribution in [1.82, 2.24) is 0 Å². The molecule has 0 aliphatic heterocycles. The molecule has 0 amide bonds. The minimum atomic E-state index is -1.18. The summed E-state index contributed by atoms with van der Waals surface area (Å²) in [5, 5.41) is 44.0. The summed E-state index contributed by atoms with van der Waals surface area (Å²) in [6.07, 6.45) is 8.09. The fourth-order valence-electron chi connectivity index (χ4n) is 9.34. The monoisotopic (exact) mass is 450 g/mol. The normalized spacial score (nSPS) is 50.4. The molecule has 0 heterocycles. The molecule has 0 aromatic heterocycles. The molecule has 4 N–H and O–H groups in total. The Morgan fingerprint density at radius 2 is 1.62 bits per heavy atom. The topological polar surface area (TPSA) is 80.9 Å². The van der Waals surface area contributed by atoms with E-state index in [9.17, 15) is 20.4 Å². The number of hydrogen-bond acceptors (Lipinski definition) is 4. The molecule has 0 spiro atoms. The number of aliphatic hydroxyl groups excluding tert-OH is 3. The summed E-state index contributed by atoms with van der Waals surface area (Å²) in [4.78, 5) is 0. The number of fused-ring (bicyclic) bond motifs is 5. The van der Waals surface area contributed by atoms with Crippen molar-refractivity contribution in [2.45, 2.75) is 117 Å². The van der Waals surface area contributed by atoms with Crippen LogP contribution in [0.2, 0.25) is 0 Å². The van der Waals surface area contributed by atoms with Gasteiger partial charge in [0.2, 0.25) is 0 Å². The van der Waals surface area contributed by atoms with E-state index in [0.29, 0.717) is 42.4 Å². The van der Waals surface area contributed by atoms with Gasteiger partial charge in [-0.2, -0.15) is 0 Å². The Hall–Kier alpha value is -0.160. The van der Waals surface area contributed by atoms with Gasteiger partial charge in [0.05, 0.1) is 17.8 Å². The van der Waals surface area contributed by atoms with Crippen molar-refractivity contribution in [3.8, 4) is 0 Å². The van der Waals surface area contributed by atoms with Crippen LogP contribution >= 0.6 is 0 Å². The Kier molecular flexibility index (Phi) is 6.87. The number of aliphatic hydroxyl groups is 4. The Balaban J connectivity index is 1.56. The first kappa shape index (κ1) is 24.9. The third kappa shape index (κ3) is 3.62. The Labute approximate surface area is 196 Å². The minimum absolute atomic E-state index is 0.0125. The molecule has 4 nitrogen and oxygen atoms in total. The van der Waals surface area contributed by atoms with Gasteiger partial charge in [-0.1, -0.05) is 47.5 Å². The number of rotatable bonds is 6. The molecule has 4 aliphatic rings. The number of hydrogen-bond donors (Lipinski definition) is 4. The summed E-state index contributed by atoms with van der Waals surface area (Å²) in [5.74, 6) is 3.85. The van der Waals surface area contributed by atoms with Crippen molar-refractivity contribution >= 4 is 0 Å². The summed E-state index contributed by atoms with van der Waals surface area (Å²) >= 11 is 0. The van der Waals surface area contributed by atoms with E-state index in [1.807, 2.05) is 0 Å². The zero-order valence-electron chi connectivity index (χ0n) is 21.3. The van der Waals surface area contributed by atoms with Gasteiger partial charge in [-0.15, -0.1) is 0 Å². The average molecular weight is 451 g/mol. The molecule has 0 radical (unpaired) electrons. The molecule has 4 saturated carbocycles. The molecule has 4 aliphatic carbocycles. The highest BCUT2D eigenvalue weighted by Gasteiger charge is 2.68. The van der Waals surface area contributed by atoms with E-state index in [4.69, 9.17) is 0 Å². The average Bonchev–Trinajstić information content (AvgIpc) is 3.14. The third-order valence-corrected chi connectivity index (χ3v) is 11.8. The quantitative estimate of drug-likeness (QED) is 0.470. The smallest absolute Gasteiger partial charge is 0.0985 e. The zero-order chi connectivity index (χ0) is 23.5. The molecule has 0 saturated heterocycles. The largest absolute Gasteiger partial charge is 0.396 e. The predicted octanol–water partition coefficient (Wildman–Crippen LogP) is 4.77. The molecule has 0 aromatic rings. The first-order valence-corrected chi connectivity index (χ1v) is 13.7. The highest BCUT2D eigenvalue weighted by Crippen LogP contribution is 2.69. The lowest BCUT2D eigenvalue weighted by molar-refractivity contribution is -0.267. The fourth-order valence-corrected chi connectivity index (χ4v) is 9.34. The van der Waals surface area contributed by atoms with Gasteiger partial charge < -0.3 is 20.4 Å². The van der Waals surface area contributed by atoms with Crippen molar-refractivity contribution in [2.24, 2.45) is 52.3 Å². The van der Waals surface area contributed by atoms with E-state index in [-0.39, 0.29) is 17.4 Å². The van der Waals surface area contributed by atoms with Gasteiger partial charge in [-0.05, 0) is 91.8 Å². The van der Waals surface area contributed by atoms with Crippen molar-refractivity contribution in [2.75, 3.05) is 6.61 Å². The van der Waals surface area contributed by atoms with Gasteiger partial charge in [0.15, 0.2) is 0 Å². The van der Waals surface area contributed by atoms with Crippen LogP contribution in [0.4, 0.5) is 0 Å². The summed E-state index contributed by atoms with van der Waals surface area (Å²) in [6.45, 7) is 11.9. The predicted molar refractivity (Wildman–Crippen MR) is 128 cm³/mol. The van der Waals surface area contributed by atoms with Crippen LogP contribution in [0.15, 0.2) is 0 Å². The highest BCUT2D eigenvalue weighted by atomic mass is 16.3. The lowest BCUT2D eigenvalue weighted by atomic mass is 9.42. The second kappa shape index (κ2) is 8.81. The molecular formula is C28H50O4. The van der Waals surface area contributed by atoms with Crippen molar-refractivity contribution < 1.29 is 20.4 Å². The minimum Gasteiger partial charge on any atom is -0.396 e. The second-order valence-corrected chi connectivity index (χ2v) is 13.3. The van der Waals surface area contributed by atoms with E-state index in [1.165, 1.54) is 19.3 Å². The fraction of sp³-hybridized carbons (Fsp3) is 1.00. The zero-order valence-corrected chi connectivity index (χ0v) is 21.3. The molecule has 3 unspecified atom stereocenters. The lowest BCUT2D eigenvalue weighted by Gasteiger charge is -2.65. The second-order valence-electron chi connectivity index (χ2n) is 13.3. The maximum absolute atomic E-state index is 11.6. The summed E-state index contributed by atoms with van der Waals surface area (Å²) in [6, 6.07) is 0. The molecule has 32 heavy (non-hydrogen) atoms. The molecule has 0 bridgehead atoms. The van der Waals surface area contributed by atoms with Crippen LogP contribution in [0.1, 0.15) is 98.8 Å². The van der Waals surface area contributed by atoms with Crippen molar-refractivity contribution in [3.05, 3.63) is 0 Å². The first-order chi connectivity index (χ1) is 15.0. The standard InChI is InChI=1S/C28H50O4/c1-17(2)18(3)6-7-19(4)22-8-9-24-21-14-25(31)28(32)15-20(30)10-12-26(28,5)23(21)11-13-27(22,24)16-29/h17-25,29-32H,6-16H2,1-5H3/t18-,19+,20-,21?,22+,23?,24?,25+,26+,27-,28-/m0/s1. The molecule has 186 valence electrons. The molecule has 4 fully saturated rings.